The zero-order valence-electron chi connectivity index (χ0n) is 23.0. The molecule has 1 saturated heterocycles. The molecule has 220 valence electrons. The molecule has 2 aliphatic rings. The molecule has 1 aliphatic heterocycles. The van der Waals surface area contributed by atoms with Gasteiger partial charge in [-0.25, -0.2) is 17.2 Å². The topological polar surface area (TPSA) is 113 Å². The van der Waals surface area contributed by atoms with Gasteiger partial charge in [0.1, 0.15) is 17.3 Å². The summed E-state index contributed by atoms with van der Waals surface area (Å²) in [6.45, 7) is 3.41. The van der Waals surface area contributed by atoms with Crippen molar-refractivity contribution in [1.82, 2.24) is 24.3 Å². The maximum absolute atomic E-state index is 13.9. The zero-order valence-corrected chi connectivity index (χ0v) is 23.8. The fourth-order valence-electron chi connectivity index (χ4n) is 4.94. The van der Waals surface area contributed by atoms with Crippen LogP contribution >= 0.6 is 0 Å². The standard InChI is InChI=1S/C29H30F2N6O4S/c1-29(7-8-29)19-41-27-26(17-33-37(28(27)38)24-15-22(30)14-23(31)16-24)35-10-12-36(13-11-35)42(39,40)18-20-2-4-21(5-3-20)25-6-9-32-34-25/h2-6,9,14-17H,7-8,10-13,18-19H2,1H3,(H,32,34). The molecule has 0 atom stereocenters. The summed E-state index contributed by atoms with van der Waals surface area (Å²) in [5.41, 5.74) is 2.02. The zero-order chi connectivity index (χ0) is 29.5. The third-order valence-corrected chi connectivity index (χ3v) is 9.60. The van der Waals surface area contributed by atoms with Gasteiger partial charge in [-0.15, -0.1) is 0 Å². The van der Waals surface area contributed by atoms with Crippen LogP contribution in [-0.4, -0.2) is 65.5 Å². The highest BCUT2D eigenvalue weighted by Crippen LogP contribution is 2.45. The fraction of sp³-hybridized carbons (Fsp3) is 0.345. The van der Waals surface area contributed by atoms with E-state index in [1.165, 1.54) is 10.5 Å². The lowest BCUT2D eigenvalue weighted by Gasteiger charge is -2.35. The lowest BCUT2D eigenvalue weighted by atomic mass is 10.1. The number of anilines is 1. The summed E-state index contributed by atoms with van der Waals surface area (Å²) in [5, 5.41) is 11.1. The largest absolute Gasteiger partial charge is 0.486 e. The molecule has 3 heterocycles. The Hall–Kier alpha value is -4.10. The van der Waals surface area contributed by atoms with Crippen molar-refractivity contribution in [2.75, 3.05) is 37.7 Å². The predicted molar refractivity (Wildman–Crippen MR) is 153 cm³/mol. The van der Waals surface area contributed by atoms with Crippen molar-refractivity contribution in [1.29, 1.82) is 0 Å². The molecule has 0 unspecified atom stereocenters. The van der Waals surface area contributed by atoms with Gasteiger partial charge in [0, 0.05) is 49.4 Å². The van der Waals surface area contributed by atoms with Gasteiger partial charge >= 0.3 is 5.56 Å². The number of aromatic nitrogens is 4. The first-order valence-corrected chi connectivity index (χ1v) is 15.2. The molecule has 42 heavy (non-hydrogen) atoms. The van der Waals surface area contributed by atoms with Gasteiger partial charge in [0.25, 0.3) is 0 Å². The van der Waals surface area contributed by atoms with Gasteiger partial charge in [0.2, 0.25) is 15.8 Å². The maximum atomic E-state index is 13.9. The Morgan fingerprint density at radius 2 is 1.69 bits per heavy atom. The van der Waals surface area contributed by atoms with Crippen LogP contribution in [0.5, 0.6) is 5.75 Å². The van der Waals surface area contributed by atoms with Crippen LogP contribution in [0.2, 0.25) is 0 Å². The number of piperazine rings is 1. The van der Waals surface area contributed by atoms with Crippen molar-refractivity contribution < 1.29 is 21.9 Å². The van der Waals surface area contributed by atoms with E-state index in [1.54, 1.807) is 18.3 Å². The van der Waals surface area contributed by atoms with E-state index in [4.69, 9.17) is 4.74 Å². The van der Waals surface area contributed by atoms with Crippen LogP contribution < -0.4 is 15.2 Å². The molecule has 6 rings (SSSR count). The van der Waals surface area contributed by atoms with Crippen molar-refractivity contribution in [3.8, 4) is 22.7 Å². The normalized spacial score (nSPS) is 16.9. The van der Waals surface area contributed by atoms with E-state index in [0.717, 1.165) is 47.0 Å². The fourth-order valence-corrected chi connectivity index (χ4v) is 6.46. The molecule has 0 bridgehead atoms. The molecule has 1 N–H and O–H groups in total. The molecule has 2 aromatic carbocycles. The van der Waals surface area contributed by atoms with E-state index in [-0.39, 0.29) is 35.7 Å². The van der Waals surface area contributed by atoms with Crippen molar-refractivity contribution in [3.63, 3.8) is 0 Å². The van der Waals surface area contributed by atoms with E-state index in [9.17, 15) is 22.0 Å². The van der Waals surface area contributed by atoms with Gasteiger partial charge in [0.15, 0.2) is 0 Å². The Balaban J connectivity index is 1.19. The van der Waals surface area contributed by atoms with E-state index < -0.39 is 27.2 Å². The van der Waals surface area contributed by atoms with E-state index in [2.05, 4.69) is 22.2 Å². The highest BCUT2D eigenvalue weighted by atomic mass is 32.2. The van der Waals surface area contributed by atoms with E-state index in [1.807, 2.05) is 23.1 Å². The molecule has 13 heteroatoms. The van der Waals surface area contributed by atoms with Gasteiger partial charge in [0.05, 0.1) is 29.9 Å². The second-order valence-electron chi connectivity index (χ2n) is 11.1. The molecule has 2 fully saturated rings. The summed E-state index contributed by atoms with van der Waals surface area (Å²) in [4.78, 5) is 15.4. The van der Waals surface area contributed by atoms with Gasteiger partial charge < -0.3 is 9.64 Å². The number of sulfonamides is 1. The molecule has 0 radical (unpaired) electrons. The summed E-state index contributed by atoms with van der Waals surface area (Å²) in [7, 11) is -3.60. The van der Waals surface area contributed by atoms with Crippen molar-refractivity contribution in [2.45, 2.75) is 25.5 Å². The molecule has 4 aromatic rings. The average molecular weight is 597 g/mol. The third kappa shape index (κ3) is 5.93. The van der Waals surface area contributed by atoms with Crippen molar-refractivity contribution in [2.24, 2.45) is 5.41 Å². The molecule has 0 amide bonds. The highest BCUT2D eigenvalue weighted by Gasteiger charge is 2.39. The summed E-state index contributed by atoms with van der Waals surface area (Å²) in [6.07, 6.45) is 5.10. The average Bonchev–Trinajstić information content (AvgIpc) is 3.44. The number of hydrogen-bond acceptors (Lipinski definition) is 7. The Labute approximate surface area is 241 Å². The molecular formula is C29H30F2N6O4S. The van der Waals surface area contributed by atoms with Gasteiger partial charge in [-0.2, -0.15) is 19.2 Å². The SMILES string of the molecule is CC1(COc2c(N3CCN(S(=O)(=O)Cc4ccc(-c5cc[nH]n5)cc4)CC3)cnn(-c3cc(F)cc(F)c3)c2=O)CC1. The van der Waals surface area contributed by atoms with E-state index in [0.29, 0.717) is 30.9 Å². The summed E-state index contributed by atoms with van der Waals surface area (Å²) in [6, 6.07) is 11.9. The number of aromatic amines is 1. The number of nitrogens with one attached hydrogen (secondary N) is 1. The number of hydrogen-bond donors (Lipinski definition) is 1. The molecule has 1 aliphatic carbocycles. The molecular weight excluding hydrogens is 566 g/mol. The molecule has 2 aromatic heterocycles. The first kappa shape index (κ1) is 28.0. The van der Waals surface area contributed by atoms with Gasteiger partial charge in [-0.1, -0.05) is 31.2 Å². The third-order valence-electron chi connectivity index (χ3n) is 7.75. The van der Waals surface area contributed by atoms with Crippen LogP contribution in [0, 0.1) is 17.0 Å². The minimum Gasteiger partial charge on any atom is -0.486 e. The lowest BCUT2D eigenvalue weighted by molar-refractivity contribution is 0.242. The van der Waals surface area contributed by atoms with Crippen LogP contribution in [0.1, 0.15) is 25.3 Å². The van der Waals surface area contributed by atoms with Gasteiger partial charge in [-0.3, -0.25) is 9.89 Å². The van der Waals surface area contributed by atoms with Crippen LogP contribution in [0.25, 0.3) is 16.9 Å². The summed E-state index contributed by atoms with van der Waals surface area (Å²) in [5.74, 6) is -1.78. The second-order valence-corrected chi connectivity index (χ2v) is 13.1. The van der Waals surface area contributed by atoms with Crippen molar-refractivity contribution >= 4 is 15.7 Å². The molecule has 0 spiro atoms. The smallest absolute Gasteiger partial charge is 0.316 e. The van der Waals surface area contributed by atoms with Crippen LogP contribution in [0.4, 0.5) is 14.5 Å². The molecule has 1 saturated carbocycles. The quantitative estimate of drug-likeness (QED) is 0.313. The Morgan fingerprint density at radius 1 is 1.00 bits per heavy atom. The van der Waals surface area contributed by atoms with Crippen LogP contribution in [0.15, 0.2) is 65.7 Å². The number of benzene rings is 2. The monoisotopic (exact) mass is 596 g/mol. The number of H-pyrrole nitrogens is 1. The lowest BCUT2D eigenvalue weighted by Crippen LogP contribution is -2.49. The summed E-state index contributed by atoms with van der Waals surface area (Å²) < 4.78 is 62.7. The number of rotatable bonds is 9. The van der Waals surface area contributed by atoms with E-state index >= 15 is 0 Å². The Morgan fingerprint density at radius 3 is 2.31 bits per heavy atom. The number of ether oxygens (including phenoxy) is 1. The van der Waals surface area contributed by atoms with Gasteiger partial charge in [-0.05, 0) is 36.6 Å². The first-order valence-electron chi connectivity index (χ1n) is 13.6. The van der Waals surface area contributed by atoms with Crippen molar-refractivity contribution in [3.05, 3.63) is 88.5 Å². The maximum Gasteiger partial charge on any atom is 0.316 e. The minimum absolute atomic E-state index is 0.0242. The van der Waals surface area contributed by atoms with Crippen LogP contribution in [-0.2, 0) is 15.8 Å². The minimum atomic E-state index is -3.60. The highest BCUT2D eigenvalue weighted by molar-refractivity contribution is 7.88. The summed E-state index contributed by atoms with van der Waals surface area (Å²) >= 11 is 0. The number of halogens is 2. The molecule has 10 nitrogen and oxygen atoms in total. The van der Waals surface area contributed by atoms with Crippen LogP contribution in [0.3, 0.4) is 0 Å². The first-order chi connectivity index (χ1) is 20.1. The Bertz CT molecular complexity index is 1730. The number of nitrogens with zero attached hydrogens (tertiary/aromatic N) is 5. The second kappa shape index (κ2) is 11.0. The predicted octanol–water partition coefficient (Wildman–Crippen LogP) is 3.73. The Kier molecular flexibility index (Phi) is 7.31.